The van der Waals surface area contributed by atoms with Crippen molar-refractivity contribution in [3.63, 3.8) is 0 Å². The highest BCUT2D eigenvalue weighted by Gasteiger charge is 2.21. The minimum Gasteiger partial charge on any atom is -0.306 e. The summed E-state index contributed by atoms with van der Waals surface area (Å²) in [6, 6.07) is 4.28. The van der Waals surface area contributed by atoms with Gasteiger partial charge in [-0.3, -0.25) is 4.79 Å². The summed E-state index contributed by atoms with van der Waals surface area (Å²) in [5, 5.41) is 3.50. The van der Waals surface area contributed by atoms with Crippen molar-refractivity contribution in [3.05, 3.63) is 34.6 Å². The van der Waals surface area contributed by atoms with Crippen LogP contribution in [-0.4, -0.2) is 29.9 Å². The van der Waals surface area contributed by atoms with Gasteiger partial charge in [0, 0.05) is 29.5 Å². The number of halogens is 2. The van der Waals surface area contributed by atoms with Crippen molar-refractivity contribution in [2.75, 3.05) is 18.1 Å². The van der Waals surface area contributed by atoms with Crippen LogP contribution in [0.5, 0.6) is 0 Å². The van der Waals surface area contributed by atoms with Gasteiger partial charge in [-0.2, -0.15) is 11.8 Å². The van der Waals surface area contributed by atoms with Gasteiger partial charge in [-0.05, 0) is 17.7 Å². The molecule has 0 amide bonds. The average Bonchev–Trinajstić information content (AvgIpc) is 2.34. The molecule has 1 fully saturated rings. The molecule has 0 bridgehead atoms. The van der Waals surface area contributed by atoms with Crippen LogP contribution in [0.1, 0.15) is 5.56 Å². The first-order valence-corrected chi connectivity index (χ1v) is 6.98. The molecule has 0 aromatic heterocycles. The number of carbonyl (C=O) groups excluding carboxylic acids is 1. The Morgan fingerprint density at radius 1 is 1.59 bits per heavy atom. The van der Waals surface area contributed by atoms with Crippen LogP contribution in [0, 0.1) is 5.82 Å². The lowest BCUT2D eigenvalue weighted by Gasteiger charge is -2.21. The lowest BCUT2D eigenvalue weighted by molar-refractivity contribution is -0.120. The zero-order valence-electron chi connectivity index (χ0n) is 9.21. The van der Waals surface area contributed by atoms with Crippen LogP contribution < -0.4 is 5.32 Å². The molecule has 2 rings (SSSR count). The van der Waals surface area contributed by atoms with Crippen LogP contribution in [-0.2, 0) is 11.2 Å². The molecule has 1 N–H and O–H groups in total. The van der Waals surface area contributed by atoms with Gasteiger partial charge in [0.15, 0.2) is 5.78 Å². The van der Waals surface area contributed by atoms with E-state index in [-0.39, 0.29) is 18.2 Å². The van der Waals surface area contributed by atoms with Crippen molar-refractivity contribution in [3.8, 4) is 0 Å². The third kappa shape index (κ3) is 3.44. The highest BCUT2D eigenvalue weighted by atomic mass is 35.5. The van der Waals surface area contributed by atoms with Crippen LogP contribution in [0.15, 0.2) is 18.2 Å². The molecule has 17 heavy (non-hydrogen) atoms. The fourth-order valence-corrected chi connectivity index (χ4v) is 2.88. The van der Waals surface area contributed by atoms with Crippen molar-refractivity contribution in [1.29, 1.82) is 0 Å². The summed E-state index contributed by atoms with van der Waals surface area (Å²) in [7, 11) is 0. The summed E-state index contributed by atoms with van der Waals surface area (Å²) >= 11 is 7.41. The lowest BCUT2D eigenvalue weighted by atomic mass is 10.0. The number of Topliss-reactive ketones (excluding diaryl/α,β-unsaturated/α-hetero) is 1. The molecule has 1 aliphatic heterocycles. The van der Waals surface area contributed by atoms with E-state index in [0.717, 1.165) is 18.1 Å². The molecule has 5 heteroatoms. The van der Waals surface area contributed by atoms with Crippen molar-refractivity contribution >= 4 is 29.1 Å². The molecule has 0 saturated carbocycles. The maximum absolute atomic E-state index is 13.5. The predicted molar refractivity (Wildman–Crippen MR) is 69.2 cm³/mol. The highest BCUT2D eigenvalue weighted by molar-refractivity contribution is 7.99. The van der Waals surface area contributed by atoms with E-state index in [9.17, 15) is 9.18 Å². The molecule has 92 valence electrons. The first kappa shape index (κ1) is 12.9. The third-order valence-corrected chi connectivity index (χ3v) is 3.99. The van der Waals surface area contributed by atoms with Gasteiger partial charge in [0.2, 0.25) is 0 Å². The Labute approximate surface area is 109 Å². The second-order valence-corrected chi connectivity index (χ2v) is 5.55. The predicted octanol–water partition coefficient (Wildman–Crippen LogP) is 2.30. The maximum atomic E-state index is 13.5. The van der Waals surface area contributed by atoms with Crippen LogP contribution in [0.3, 0.4) is 0 Å². The Hall–Kier alpha value is -0.580. The van der Waals surface area contributed by atoms with Gasteiger partial charge in [0.25, 0.3) is 0 Å². The number of hydrogen-bond acceptors (Lipinski definition) is 3. The molecule has 1 heterocycles. The van der Waals surface area contributed by atoms with Crippen LogP contribution in [0.25, 0.3) is 0 Å². The summed E-state index contributed by atoms with van der Waals surface area (Å²) in [4.78, 5) is 11.9. The smallest absolute Gasteiger partial charge is 0.155 e. The first-order valence-electron chi connectivity index (χ1n) is 5.44. The maximum Gasteiger partial charge on any atom is 0.155 e. The van der Waals surface area contributed by atoms with E-state index in [1.165, 1.54) is 6.07 Å². The van der Waals surface area contributed by atoms with Gasteiger partial charge in [-0.15, -0.1) is 0 Å². The number of thioether (sulfide) groups is 1. The van der Waals surface area contributed by atoms with E-state index in [2.05, 4.69) is 5.32 Å². The molecule has 1 aliphatic rings. The highest BCUT2D eigenvalue weighted by Crippen LogP contribution is 2.17. The summed E-state index contributed by atoms with van der Waals surface area (Å²) in [6.07, 6.45) is 0.126. The SMILES string of the molecule is O=C(Cc1ccc(Cl)cc1F)C1CSCCN1. The van der Waals surface area contributed by atoms with E-state index < -0.39 is 5.82 Å². The molecule has 0 aliphatic carbocycles. The second-order valence-electron chi connectivity index (χ2n) is 3.96. The Balaban J connectivity index is 2.02. The Kier molecular flexibility index (Phi) is 4.42. The first-order chi connectivity index (χ1) is 8.16. The standard InChI is InChI=1S/C12H13ClFNOS/c13-9-2-1-8(10(14)6-9)5-12(16)11-7-17-4-3-15-11/h1-2,6,11,15H,3-5,7H2. The Morgan fingerprint density at radius 2 is 2.41 bits per heavy atom. The fraction of sp³-hybridized carbons (Fsp3) is 0.417. The van der Waals surface area contributed by atoms with Crippen LogP contribution in [0.2, 0.25) is 5.02 Å². The van der Waals surface area contributed by atoms with Gasteiger partial charge >= 0.3 is 0 Å². The van der Waals surface area contributed by atoms with Crippen molar-refractivity contribution in [2.24, 2.45) is 0 Å². The minimum atomic E-state index is -0.408. The Morgan fingerprint density at radius 3 is 3.06 bits per heavy atom. The average molecular weight is 274 g/mol. The lowest BCUT2D eigenvalue weighted by Crippen LogP contribution is -2.44. The van der Waals surface area contributed by atoms with Gasteiger partial charge < -0.3 is 5.32 Å². The largest absolute Gasteiger partial charge is 0.306 e. The quantitative estimate of drug-likeness (QED) is 0.916. The van der Waals surface area contributed by atoms with Gasteiger partial charge in [0.1, 0.15) is 5.82 Å². The number of rotatable bonds is 3. The van der Waals surface area contributed by atoms with Crippen molar-refractivity contribution < 1.29 is 9.18 Å². The zero-order valence-corrected chi connectivity index (χ0v) is 10.8. The molecular formula is C12H13ClFNOS. The number of carbonyl (C=O) groups is 1. The Bertz CT molecular complexity index is 421. The van der Waals surface area contributed by atoms with Gasteiger partial charge in [-0.1, -0.05) is 17.7 Å². The number of nitrogens with one attached hydrogen (secondary N) is 1. The van der Waals surface area contributed by atoms with Crippen LogP contribution in [0.4, 0.5) is 4.39 Å². The van der Waals surface area contributed by atoms with Crippen molar-refractivity contribution in [2.45, 2.75) is 12.5 Å². The molecule has 0 radical (unpaired) electrons. The topological polar surface area (TPSA) is 29.1 Å². The summed E-state index contributed by atoms with van der Waals surface area (Å²) in [5.74, 6) is 1.43. The van der Waals surface area contributed by atoms with E-state index in [1.807, 2.05) is 0 Å². The third-order valence-electron chi connectivity index (χ3n) is 2.69. The minimum absolute atomic E-state index is 0.0402. The summed E-state index contributed by atoms with van der Waals surface area (Å²) in [6.45, 7) is 0.837. The molecule has 1 atom stereocenters. The van der Waals surface area contributed by atoms with E-state index in [0.29, 0.717) is 10.6 Å². The number of hydrogen-bond donors (Lipinski definition) is 1. The van der Waals surface area contributed by atoms with E-state index in [1.54, 1.807) is 23.9 Å². The summed E-state index contributed by atoms with van der Waals surface area (Å²) in [5.41, 5.74) is 0.414. The van der Waals surface area contributed by atoms with Gasteiger partial charge in [-0.25, -0.2) is 4.39 Å². The monoisotopic (exact) mass is 273 g/mol. The molecule has 1 aromatic rings. The molecule has 1 aromatic carbocycles. The second kappa shape index (κ2) is 5.85. The molecular weight excluding hydrogens is 261 g/mol. The molecule has 2 nitrogen and oxygen atoms in total. The van der Waals surface area contributed by atoms with Crippen molar-refractivity contribution in [1.82, 2.24) is 5.32 Å². The van der Waals surface area contributed by atoms with E-state index >= 15 is 0 Å². The number of benzene rings is 1. The zero-order chi connectivity index (χ0) is 12.3. The van der Waals surface area contributed by atoms with Gasteiger partial charge in [0.05, 0.1) is 6.04 Å². The fourth-order valence-electron chi connectivity index (χ4n) is 1.75. The number of ketones is 1. The molecule has 0 spiro atoms. The normalized spacial score (nSPS) is 20.2. The summed E-state index contributed by atoms with van der Waals surface area (Å²) < 4.78 is 13.5. The molecule has 1 unspecified atom stereocenters. The van der Waals surface area contributed by atoms with E-state index in [4.69, 9.17) is 11.6 Å². The molecule has 1 saturated heterocycles. The van der Waals surface area contributed by atoms with Crippen LogP contribution >= 0.6 is 23.4 Å².